The van der Waals surface area contributed by atoms with E-state index < -0.39 is 0 Å². The van der Waals surface area contributed by atoms with Crippen molar-refractivity contribution in [2.45, 2.75) is 18.2 Å². The highest BCUT2D eigenvalue weighted by Gasteiger charge is 2.15. The molecule has 0 atom stereocenters. The molecule has 0 fully saturated rings. The van der Waals surface area contributed by atoms with Crippen LogP contribution in [0.4, 0.5) is 5.82 Å². The normalized spacial score (nSPS) is 11.1. The van der Waals surface area contributed by atoms with Crippen molar-refractivity contribution in [2.75, 3.05) is 11.8 Å². The number of aromatic nitrogens is 3. The monoisotopic (exact) mass is 380 g/mol. The van der Waals surface area contributed by atoms with Crippen molar-refractivity contribution in [1.82, 2.24) is 14.9 Å². The lowest BCUT2D eigenvalue weighted by Gasteiger charge is -2.09. The molecule has 2 aromatic carbocycles. The SMILES string of the molecule is CCc1ccc(OC)c(SNc2noc3c(-c4cnn(C)c4)cccc23)c1. The lowest BCUT2D eigenvalue weighted by molar-refractivity contribution is 0.404. The average Bonchev–Trinajstić information content (AvgIpc) is 3.32. The van der Waals surface area contributed by atoms with E-state index in [1.165, 1.54) is 17.5 Å². The summed E-state index contributed by atoms with van der Waals surface area (Å²) >= 11 is 1.47. The minimum atomic E-state index is 0.685. The van der Waals surface area contributed by atoms with Crippen LogP contribution in [0.1, 0.15) is 12.5 Å². The Morgan fingerprint density at radius 1 is 1.26 bits per heavy atom. The first-order valence-corrected chi connectivity index (χ1v) is 9.48. The molecular weight excluding hydrogens is 360 g/mol. The quantitative estimate of drug-likeness (QED) is 0.479. The Morgan fingerprint density at radius 3 is 2.89 bits per heavy atom. The Morgan fingerprint density at radius 2 is 2.15 bits per heavy atom. The van der Waals surface area contributed by atoms with E-state index in [-0.39, 0.29) is 0 Å². The second-order valence-corrected chi connectivity index (χ2v) is 7.01. The molecule has 0 aliphatic rings. The number of nitrogens with one attached hydrogen (secondary N) is 1. The smallest absolute Gasteiger partial charge is 0.187 e. The van der Waals surface area contributed by atoms with E-state index in [9.17, 15) is 0 Å². The second-order valence-electron chi connectivity index (χ2n) is 6.16. The number of benzene rings is 2. The van der Waals surface area contributed by atoms with Gasteiger partial charge in [0, 0.05) is 24.4 Å². The molecule has 2 heterocycles. The summed E-state index contributed by atoms with van der Waals surface area (Å²) < 4.78 is 16.2. The Bertz CT molecular complexity index is 1090. The van der Waals surface area contributed by atoms with Gasteiger partial charge < -0.3 is 14.0 Å². The molecule has 2 aromatic heterocycles. The van der Waals surface area contributed by atoms with Gasteiger partial charge in [-0.1, -0.05) is 30.3 Å². The van der Waals surface area contributed by atoms with Crippen molar-refractivity contribution in [1.29, 1.82) is 0 Å². The molecule has 7 heteroatoms. The number of aryl methyl sites for hydroxylation is 2. The summed E-state index contributed by atoms with van der Waals surface area (Å²) in [6.45, 7) is 2.13. The van der Waals surface area contributed by atoms with Crippen LogP contribution in [0.25, 0.3) is 22.1 Å². The summed E-state index contributed by atoms with van der Waals surface area (Å²) in [4.78, 5) is 1.01. The fraction of sp³-hybridized carbons (Fsp3) is 0.200. The number of nitrogens with zero attached hydrogens (tertiary/aromatic N) is 3. The third kappa shape index (κ3) is 3.38. The van der Waals surface area contributed by atoms with Crippen LogP contribution in [-0.4, -0.2) is 22.0 Å². The number of para-hydroxylation sites is 1. The molecule has 138 valence electrons. The van der Waals surface area contributed by atoms with Crippen LogP contribution < -0.4 is 9.46 Å². The maximum atomic E-state index is 5.64. The molecule has 6 nitrogen and oxygen atoms in total. The predicted molar refractivity (Wildman–Crippen MR) is 108 cm³/mol. The molecule has 0 saturated carbocycles. The molecular formula is C20H20N4O2S. The van der Waals surface area contributed by atoms with Gasteiger partial charge in [0.1, 0.15) is 5.75 Å². The van der Waals surface area contributed by atoms with Crippen LogP contribution in [0.3, 0.4) is 0 Å². The Hall–Kier alpha value is -2.93. The number of hydrogen-bond donors (Lipinski definition) is 1. The van der Waals surface area contributed by atoms with Gasteiger partial charge in [0.25, 0.3) is 0 Å². The molecule has 27 heavy (non-hydrogen) atoms. The lowest BCUT2D eigenvalue weighted by Crippen LogP contribution is -1.93. The number of fused-ring (bicyclic) bond motifs is 1. The van der Waals surface area contributed by atoms with Crippen molar-refractivity contribution >= 4 is 28.7 Å². The minimum Gasteiger partial charge on any atom is -0.496 e. The molecule has 1 N–H and O–H groups in total. The predicted octanol–water partition coefficient (Wildman–Crippen LogP) is 4.92. The number of hydrogen-bond acceptors (Lipinski definition) is 6. The first kappa shape index (κ1) is 17.5. The molecule has 0 radical (unpaired) electrons. The second kappa shape index (κ2) is 7.36. The molecule has 0 spiro atoms. The van der Waals surface area contributed by atoms with Crippen LogP contribution in [0.5, 0.6) is 5.75 Å². The number of methoxy groups -OCH3 is 1. The zero-order valence-electron chi connectivity index (χ0n) is 15.4. The van der Waals surface area contributed by atoms with Crippen LogP contribution in [-0.2, 0) is 13.5 Å². The van der Waals surface area contributed by atoms with Gasteiger partial charge in [0.2, 0.25) is 0 Å². The van der Waals surface area contributed by atoms with Crippen LogP contribution in [0.15, 0.2) is 58.2 Å². The highest BCUT2D eigenvalue weighted by molar-refractivity contribution is 8.00. The van der Waals surface area contributed by atoms with E-state index in [1.54, 1.807) is 11.8 Å². The Balaban J connectivity index is 1.64. The Kier molecular flexibility index (Phi) is 4.77. The van der Waals surface area contributed by atoms with E-state index in [2.05, 4.69) is 34.0 Å². The first-order chi connectivity index (χ1) is 13.2. The van der Waals surface area contributed by atoms with E-state index in [0.29, 0.717) is 5.82 Å². The fourth-order valence-corrected chi connectivity index (χ4v) is 3.76. The molecule has 4 aromatic rings. The third-order valence-electron chi connectivity index (χ3n) is 4.41. The molecule has 0 aliphatic heterocycles. The van der Waals surface area contributed by atoms with Gasteiger partial charge in [0.05, 0.1) is 23.6 Å². The summed E-state index contributed by atoms with van der Waals surface area (Å²) in [5, 5.41) is 9.39. The van der Waals surface area contributed by atoms with Crippen LogP contribution in [0, 0.1) is 0 Å². The van der Waals surface area contributed by atoms with E-state index in [1.807, 2.05) is 43.7 Å². The minimum absolute atomic E-state index is 0.685. The number of rotatable bonds is 6. The van der Waals surface area contributed by atoms with Crippen molar-refractivity contribution < 1.29 is 9.26 Å². The first-order valence-electron chi connectivity index (χ1n) is 8.66. The molecule has 0 bridgehead atoms. The van der Waals surface area contributed by atoms with Gasteiger partial charge in [-0.2, -0.15) is 5.10 Å². The van der Waals surface area contributed by atoms with Gasteiger partial charge in [-0.05, 0) is 42.1 Å². The van der Waals surface area contributed by atoms with Crippen LogP contribution in [0.2, 0.25) is 0 Å². The molecule has 0 aliphatic carbocycles. The molecule has 0 unspecified atom stereocenters. The van der Waals surface area contributed by atoms with Gasteiger partial charge in [0.15, 0.2) is 11.4 Å². The molecule has 4 rings (SSSR count). The van der Waals surface area contributed by atoms with Gasteiger partial charge >= 0.3 is 0 Å². The topological polar surface area (TPSA) is 65.1 Å². The average molecular weight is 380 g/mol. The van der Waals surface area contributed by atoms with Crippen LogP contribution >= 0.6 is 11.9 Å². The van der Waals surface area contributed by atoms with Crippen molar-refractivity contribution in [2.24, 2.45) is 7.05 Å². The van der Waals surface area contributed by atoms with Gasteiger partial charge in [-0.25, -0.2) is 0 Å². The van der Waals surface area contributed by atoms with Crippen molar-refractivity contribution in [3.8, 4) is 16.9 Å². The molecule has 0 saturated heterocycles. The van der Waals surface area contributed by atoms with Gasteiger partial charge in [-0.3, -0.25) is 4.68 Å². The summed E-state index contributed by atoms with van der Waals surface area (Å²) in [6, 6.07) is 12.2. The Labute approximate surface area is 161 Å². The summed E-state index contributed by atoms with van der Waals surface area (Å²) in [7, 11) is 3.57. The maximum absolute atomic E-state index is 5.64. The summed E-state index contributed by atoms with van der Waals surface area (Å²) in [5.41, 5.74) is 3.96. The zero-order valence-corrected chi connectivity index (χ0v) is 16.2. The van der Waals surface area contributed by atoms with E-state index >= 15 is 0 Å². The standard InChI is InChI=1S/C20H20N4O2S/c1-4-13-8-9-17(25-3)18(10-13)27-23-20-16-7-5-6-15(19(16)26-22-20)14-11-21-24(2)12-14/h5-12H,4H2,1-3H3,(H,22,23). The van der Waals surface area contributed by atoms with Gasteiger partial charge in [-0.15, -0.1) is 0 Å². The number of ether oxygens (including phenoxy) is 1. The summed E-state index contributed by atoms with van der Waals surface area (Å²) in [5.74, 6) is 1.51. The van der Waals surface area contributed by atoms with Crippen molar-refractivity contribution in [3.05, 3.63) is 54.4 Å². The summed E-state index contributed by atoms with van der Waals surface area (Å²) in [6.07, 6.45) is 4.75. The van der Waals surface area contributed by atoms with Crippen molar-refractivity contribution in [3.63, 3.8) is 0 Å². The number of anilines is 1. The largest absolute Gasteiger partial charge is 0.496 e. The van der Waals surface area contributed by atoms with E-state index in [4.69, 9.17) is 9.26 Å². The fourth-order valence-electron chi connectivity index (χ4n) is 2.95. The molecule has 0 amide bonds. The zero-order chi connectivity index (χ0) is 18.8. The van der Waals surface area contributed by atoms with E-state index in [0.717, 1.165) is 39.2 Å². The highest BCUT2D eigenvalue weighted by Crippen LogP contribution is 2.36. The highest BCUT2D eigenvalue weighted by atomic mass is 32.2. The lowest BCUT2D eigenvalue weighted by atomic mass is 10.1. The maximum Gasteiger partial charge on any atom is 0.187 e. The third-order valence-corrected chi connectivity index (χ3v) is 5.24.